The Morgan fingerprint density at radius 2 is 1.94 bits per heavy atom. The van der Waals surface area contributed by atoms with Crippen LogP contribution < -0.4 is 5.69 Å². The fourth-order valence-electron chi connectivity index (χ4n) is 5.04. The molecular formula is C27H35N7O2. The fraction of sp³-hybridized carbons (Fsp3) is 0.481. The number of benzene rings is 1. The van der Waals surface area contributed by atoms with Crippen molar-refractivity contribution in [2.45, 2.75) is 39.0 Å². The van der Waals surface area contributed by atoms with E-state index in [0.717, 1.165) is 52.9 Å². The average Bonchev–Trinajstić information content (AvgIpc) is 3.45. The summed E-state index contributed by atoms with van der Waals surface area (Å²) in [6.07, 6.45) is 3.11. The second-order valence-corrected chi connectivity index (χ2v) is 10.2. The Morgan fingerprint density at radius 1 is 1.14 bits per heavy atom. The average molecular weight is 490 g/mol. The fourth-order valence-corrected chi connectivity index (χ4v) is 5.04. The van der Waals surface area contributed by atoms with Crippen molar-refractivity contribution in [3.8, 4) is 11.1 Å². The van der Waals surface area contributed by atoms with Crippen LogP contribution in [0.25, 0.3) is 33.2 Å². The lowest BCUT2D eigenvalue weighted by molar-refractivity contribution is 0.0953. The molecule has 36 heavy (non-hydrogen) atoms. The van der Waals surface area contributed by atoms with Crippen molar-refractivity contribution in [2.75, 3.05) is 40.3 Å². The standard InChI is InChI=1S/C27H35N7O2/c1-18(2)34-25-23-14-19(7-9-24(23)29-30-26(25)32(5)27(34)35)20-6-8-21(28-15-20)17-36-13-12-33-11-10-22(16-33)31(3)4/h6-9,14-15,18,22H,10-13,16-17H2,1-5H3/t22-/m0/s1. The first-order chi connectivity index (χ1) is 17.3. The molecule has 0 saturated carbocycles. The number of nitrogens with zero attached hydrogens (tertiary/aromatic N) is 7. The summed E-state index contributed by atoms with van der Waals surface area (Å²) < 4.78 is 9.26. The van der Waals surface area contributed by atoms with Crippen LogP contribution in [0.1, 0.15) is 32.0 Å². The zero-order valence-corrected chi connectivity index (χ0v) is 21.8. The van der Waals surface area contributed by atoms with Crippen LogP contribution in [0.5, 0.6) is 0 Å². The zero-order valence-electron chi connectivity index (χ0n) is 21.8. The molecule has 1 fully saturated rings. The van der Waals surface area contributed by atoms with Crippen LogP contribution in [0.3, 0.4) is 0 Å². The molecule has 0 N–H and O–H groups in total. The maximum Gasteiger partial charge on any atom is 0.330 e. The molecule has 4 heterocycles. The highest BCUT2D eigenvalue weighted by molar-refractivity contribution is 6.02. The summed E-state index contributed by atoms with van der Waals surface area (Å²) in [5.41, 5.74) is 5.03. The molecular weight excluding hydrogens is 454 g/mol. The van der Waals surface area contributed by atoms with E-state index in [0.29, 0.717) is 24.9 Å². The molecule has 9 nitrogen and oxygen atoms in total. The highest BCUT2D eigenvalue weighted by Gasteiger charge is 2.23. The van der Waals surface area contributed by atoms with E-state index >= 15 is 0 Å². The van der Waals surface area contributed by atoms with Gasteiger partial charge in [0.25, 0.3) is 0 Å². The van der Waals surface area contributed by atoms with Crippen molar-refractivity contribution in [1.82, 2.24) is 34.1 Å². The number of rotatable bonds is 8. The predicted octanol–water partition coefficient (Wildman–Crippen LogP) is 3.08. The van der Waals surface area contributed by atoms with Gasteiger partial charge in [0.1, 0.15) is 5.52 Å². The highest BCUT2D eigenvalue weighted by Crippen LogP contribution is 2.28. The Morgan fingerprint density at radius 3 is 2.64 bits per heavy atom. The number of pyridine rings is 1. The quantitative estimate of drug-likeness (QED) is 0.352. The number of imidazole rings is 1. The van der Waals surface area contributed by atoms with Gasteiger partial charge in [0.15, 0.2) is 5.65 Å². The van der Waals surface area contributed by atoms with Gasteiger partial charge in [-0.1, -0.05) is 12.1 Å². The van der Waals surface area contributed by atoms with Gasteiger partial charge >= 0.3 is 5.69 Å². The van der Waals surface area contributed by atoms with Crippen LogP contribution in [0.2, 0.25) is 0 Å². The van der Waals surface area contributed by atoms with Gasteiger partial charge in [-0.3, -0.25) is 19.0 Å². The molecule has 5 rings (SSSR count). The lowest BCUT2D eigenvalue weighted by Crippen LogP contribution is -2.32. The van der Waals surface area contributed by atoms with Gasteiger partial charge in [-0.05, 0) is 64.7 Å². The Balaban J connectivity index is 1.30. The lowest BCUT2D eigenvalue weighted by atomic mass is 10.0. The molecule has 3 aromatic heterocycles. The largest absolute Gasteiger partial charge is 0.374 e. The lowest BCUT2D eigenvalue weighted by Gasteiger charge is -2.20. The summed E-state index contributed by atoms with van der Waals surface area (Å²) in [5.74, 6) is 0. The number of likely N-dealkylation sites (tertiary alicyclic amines) is 1. The van der Waals surface area contributed by atoms with Gasteiger partial charge in [0.2, 0.25) is 0 Å². The molecule has 0 aliphatic carbocycles. The maximum absolute atomic E-state index is 12.8. The minimum Gasteiger partial charge on any atom is -0.374 e. The molecule has 190 valence electrons. The number of hydrogen-bond donors (Lipinski definition) is 0. The van der Waals surface area contributed by atoms with Crippen molar-refractivity contribution in [3.05, 3.63) is 52.7 Å². The topological polar surface area (TPSA) is 81.3 Å². The molecule has 1 aliphatic rings. The first-order valence-corrected chi connectivity index (χ1v) is 12.6. The SMILES string of the molecule is CC(C)n1c(=O)n(C)c2nnc3ccc(-c4ccc(COCCN5CC[C@H](N(C)C)C5)nc4)cc3c21. The van der Waals surface area contributed by atoms with Gasteiger partial charge in [0, 0.05) is 49.4 Å². The molecule has 1 aromatic carbocycles. The van der Waals surface area contributed by atoms with Gasteiger partial charge in [-0.15, -0.1) is 10.2 Å². The molecule has 1 saturated heterocycles. The van der Waals surface area contributed by atoms with E-state index < -0.39 is 0 Å². The van der Waals surface area contributed by atoms with Crippen LogP contribution >= 0.6 is 0 Å². The molecule has 0 unspecified atom stereocenters. The van der Waals surface area contributed by atoms with E-state index in [1.807, 2.05) is 38.2 Å². The van der Waals surface area contributed by atoms with E-state index in [-0.39, 0.29) is 11.7 Å². The Kier molecular flexibility index (Phi) is 6.87. The summed E-state index contributed by atoms with van der Waals surface area (Å²) in [4.78, 5) is 22.2. The van der Waals surface area contributed by atoms with Gasteiger partial charge < -0.3 is 9.64 Å². The van der Waals surface area contributed by atoms with E-state index in [2.05, 4.69) is 51.2 Å². The Bertz CT molecular complexity index is 1420. The molecule has 4 aromatic rings. The highest BCUT2D eigenvalue weighted by atomic mass is 16.5. The molecule has 0 amide bonds. The minimum absolute atomic E-state index is 0.0121. The van der Waals surface area contributed by atoms with Crippen LogP contribution in [-0.4, -0.2) is 80.5 Å². The second-order valence-electron chi connectivity index (χ2n) is 10.2. The number of aromatic nitrogens is 5. The number of likely N-dealkylation sites (N-methyl/N-ethyl adjacent to an activating group) is 1. The second kappa shape index (κ2) is 10.1. The summed E-state index contributed by atoms with van der Waals surface area (Å²) in [5, 5.41) is 9.59. The molecule has 1 aliphatic heterocycles. The van der Waals surface area contributed by atoms with Crippen molar-refractivity contribution in [3.63, 3.8) is 0 Å². The van der Waals surface area contributed by atoms with E-state index in [1.54, 1.807) is 16.2 Å². The molecule has 0 radical (unpaired) electrons. The van der Waals surface area contributed by atoms with Crippen LogP contribution in [0, 0.1) is 0 Å². The Hall–Kier alpha value is -3.14. The monoisotopic (exact) mass is 489 g/mol. The maximum atomic E-state index is 12.8. The van der Waals surface area contributed by atoms with E-state index in [1.165, 1.54) is 6.42 Å². The van der Waals surface area contributed by atoms with Gasteiger partial charge in [-0.2, -0.15) is 0 Å². The molecule has 9 heteroatoms. The number of hydrogen-bond acceptors (Lipinski definition) is 7. The third-order valence-electron chi connectivity index (χ3n) is 7.22. The minimum atomic E-state index is -0.0829. The smallest absolute Gasteiger partial charge is 0.330 e. The van der Waals surface area contributed by atoms with Gasteiger partial charge in [0.05, 0.1) is 24.4 Å². The van der Waals surface area contributed by atoms with E-state index in [4.69, 9.17) is 4.74 Å². The first-order valence-electron chi connectivity index (χ1n) is 12.6. The summed E-state index contributed by atoms with van der Waals surface area (Å²) >= 11 is 0. The first kappa shape index (κ1) is 24.5. The summed E-state index contributed by atoms with van der Waals surface area (Å²) in [6.45, 7) is 8.44. The zero-order chi connectivity index (χ0) is 25.4. The molecule has 0 bridgehead atoms. The third-order valence-corrected chi connectivity index (χ3v) is 7.22. The number of ether oxygens (including phenoxy) is 1. The Labute approximate surface area is 211 Å². The van der Waals surface area contributed by atoms with Crippen molar-refractivity contribution < 1.29 is 4.74 Å². The van der Waals surface area contributed by atoms with Crippen LogP contribution in [0.4, 0.5) is 0 Å². The summed E-state index contributed by atoms with van der Waals surface area (Å²) in [6, 6.07) is 10.8. The molecule has 1 atom stereocenters. The van der Waals surface area contributed by atoms with Crippen molar-refractivity contribution in [1.29, 1.82) is 0 Å². The number of aryl methyl sites for hydroxylation is 1. The predicted molar refractivity (Wildman–Crippen MR) is 142 cm³/mol. The number of fused-ring (bicyclic) bond motifs is 3. The third kappa shape index (κ3) is 4.66. The molecule has 0 spiro atoms. The normalized spacial score (nSPS) is 16.8. The van der Waals surface area contributed by atoms with E-state index in [9.17, 15) is 4.79 Å². The van der Waals surface area contributed by atoms with Crippen molar-refractivity contribution in [2.24, 2.45) is 7.05 Å². The van der Waals surface area contributed by atoms with Crippen LogP contribution in [0.15, 0.2) is 41.3 Å². The summed E-state index contributed by atoms with van der Waals surface area (Å²) in [7, 11) is 6.04. The van der Waals surface area contributed by atoms with Gasteiger partial charge in [-0.25, -0.2) is 4.79 Å². The van der Waals surface area contributed by atoms with Crippen molar-refractivity contribution >= 4 is 22.1 Å². The van der Waals surface area contributed by atoms with Crippen LogP contribution in [-0.2, 0) is 18.4 Å².